The molecule has 0 aliphatic carbocycles. The fourth-order valence-electron chi connectivity index (χ4n) is 1.45. The topological polar surface area (TPSA) is 37.4 Å². The molecule has 2 amide bonds. The Morgan fingerprint density at radius 3 is 2.79 bits per heavy atom. The van der Waals surface area contributed by atoms with Crippen molar-refractivity contribution in [2.75, 3.05) is 6.54 Å². The van der Waals surface area contributed by atoms with Crippen molar-refractivity contribution in [3.05, 3.63) is 11.5 Å². The van der Waals surface area contributed by atoms with E-state index in [0.29, 0.717) is 13.0 Å². The van der Waals surface area contributed by atoms with Crippen LogP contribution in [0.3, 0.4) is 0 Å². The lowest BCUT2D eigenvalue weighted by Crippen LogP contribution is -2.31. The van der Waals surface area contributed by atoms with Gasteiger partial charge in [0.15, 0.2) is 0 Å². The maximum atomic E-state index is 11.7. The lowest BCUT2D eigenvalue weighted by atomic mass is 10.4. The molecule has 0 spiro atoms. The molecule has 0 radical (unpaired) electrons. The van der Waals surface area contributed by atoms with Crippen LogP contribution >= 0.6 is 11.8 Å². The van der Waals surface area contributed by atoms with Gasteiger partial charge in [0.25, 0.3) is 0 Å². The first-order valence-electron chi connectivity index (χ1n) is 4.72. The predicted octanol–water partition coefficient (Wildman–Crippen LogP) is 1.79. The number of imide groups is 1. The molecule has 78 valence electrons. The van der Waals surface area contributed by atoms with Crippen LogP contribution in [-0.4, -0.2) is 28.5 Å². The Bertz CT molecular complexity index is 275. The average Bonchev–Trinajstić information content (AvgIpc) is 2.32. The minimum Gasteiger partial charge on any atom is -0.282 e. The van der Waals surface area contributed by atoms with Crippen molar-refractivity contribution >= 4 is 23.6 Å². The van der Waals surface area contributed by atoms with E-state index in [1.807, 2.05) is 13.8 Å². The maximum absolute atomic E-state index is 11.7. The van der Waals surface area contributed by atoms with Gasteiger partial charge >= 0.3 is 0 Å². The highest BCUT2D eigenvalue weighted by Gasteiger charge is 2.38. The summed E-state index contributed by atoms with van der Waals surface area (Å²) < 4.78 is 0. The van der Waals surface area contributed by atoms with E-state index in [9.17, 15) is 9.59 Å². The molecule has 1 fully saturated rings. The van der Waals surface area contributed by atoms with Gasteiger partial charge in [-0.1, -0.05) is 13.5 Å². The average molecular weight is 213 g/mol. The number of thioether (sulfide) groups is 1. The second kappa shape index (κ2) is 4.64. The number of amides is 2. The number of rotatable bonds is 4. The largest absolute Gasteiger partial charge is 0.282 e. The van der Waals surface area contributed by atoms with Gasteiger partial charge < -0.3 is 0 Å². The molecule has 0 bridgehead atoms. The Labute approximate surface area is 88.5 Å². The molecule has 1 aliphatic heterocycles. The number of nitrogens with zero attached hydrogens (tertiary/aromatic N) is 1. The van der Waals surface area contributed by atoms with E-state index in [1.165, 1.54) is 16.7 Å². The van der Waals surface area contributed by atoms with Gasteiger partial charge in [-0.15, -0.1) is 11.8 Å². The molecule has 1 atom stereocenters. The summed E-state index contributed by atoms with van der Waals surface area (Å²) in [6, 6.07) is 0. The normalized spacial score (nSPS) is 21.9. The molecule has 0 N–H and O–H groups in total. The fraction of sp³-hybridized carbons (Fsp3) is 0.600. The van der Waals surface area contributed by atoms with Crippen molar-refractivity contribution < 1.29 is 9.59 Å². The summed E-state index contributed by atoms with van der Waals surface area (Å²) in [5.41, 5.74) is 0. The molecule has 0 aromatic carbocycles. The zero-order chi connectivity index (χ0) is 10.7. The Balaban J connectivity index is 2.64. The van der Waals surface area contributed by atoms with Crippen molar-refractivity contribution in [1.29, 1.82) is 0 Å². The molecule has 0 aromatic rings. The molecule has 0 aromatic heterocycles. The molecule has 4 heteroatoms. The van der Waals surface area contributed by atoms with Crippen LogP contribution in [-0.2, 0) is 9.59 Å². The van der Waals surface area contributed by atoms with Gasteiger partial charge in [-0.2, -0.15) is 0 Å². The van der Waals surface area contributed by atoms with E-state index in [1.54, 1.807) is 0 Å². The van der Waals surface area contributed by atoms with Gasteiger partial charge in [0.05, 0.1) is 5.25 Å². The third-order valence-electron chi connectivity index (χ3n) is 1.99. The van der Waals surface area contributed by atoms with Gasteiger partial charge in [-0.05, 0) is 18.2 Å². The number of hydrogen-bond acceptors (Lipinski definition) is 3. The van der Waals surface area contributed by atoms with Gasteiger partial charge in [0.1, 0.15) is 0 Å². The lowest BCUT2D eigenvalue weighted by molar-refractivity contribution is -0.138. The van der Waals surface area contributed by atoms with E-state index in [2.05, 4.69) is 6.58 Å². The monoisotopic (exact) mass is 213 g/mol. The van der Waals surface area contributed by atoms with Crippen LogP contribution in [0.2, 0.25) is 0 Å². The number of carbonyl (C=O) groups excluding carboxylic acids is 2. The highest BCUT2D eigenvalue weighted by atomic mass is 32.2. The van der Waals surface area contributed by atoms with Crippen LogP contribution in [0, 0.1) is 0 Å². The Hall–Kier alpha value is -0.770. The first-order valence-corrected chi connectivity index (χ1v) is 5.60. The summed E-state index contributed by atoms with van der Waals surface area (Å²) in [6.07, 6.45) is 1.15. The standard InChI is InChI=1S/C10H15NO2S/c1-4-5-11-9(12)6-8(10(11)13)14-7(2)3/h8H,2,4-6H2,1,3H3. The number of hydrogen-bond donors (Lipinski definition) is 0. The van der Waals surface area contributed by atoms with Crippen molar-refractivity contribution in [1.82, 2.24) is 4.90 Å². The Kier molecular flexibility index (Phi) is 3.75. The van der Waals surface area contributed by atoms with E-state index in [0.717, 1.165) is 11.3 Å². The van der Waals surface area contributed by atoms with Crippen LogP contribution in [0.4, 0.5) is 0 Å². The third-order valence-corrected chi connectivity index (χ3v) is 3.05. The summed E-state index contributed by atoms with van der Waals surface area (Å²) in [5, 5.41) is -0.230. The second-order valence-electron chi connectivity index (χ2n) is 3.40. The lowest BCUT2D eigenvalue weighted by Gasteiger charge is -2.12. The molecule has 1 heterocycles. The summed E-state index contributed by atoms with van der Waals surface area (Å²) in [6.45, 7) is 8.09. The van der Waals surface area contributed by atoms with Crippen molar-refractivity contribution in [2.45, 2.75) is 31.9 Å². The van der Waals surface area contributed by atoms with Gasteiger partial charge in [0, 0.05) is 13.0 Å². The number of allylic oxidation sites excluding steroid dienone is 1. The van der Waals surface area contributed by atoms with E-state index in [-0.39, 0.29) is 17.1 Å². The van der Waals surface area contributed by atoms with Gasteiger partial charge in [-0.25, -0.2) is 0 Å². The smallest absolute Gasteiger partial charge is 0.243 e. The molecule has 3 nitrogen and oxygen atoms in total. The van der Waals surface area contributed by atoms with Crippen molar-refractivity contribution in [3.8, 4) is 0 Å². The first kappa shape index (κ1) is 11.3. The quantitative estimate of drug-likeness (QED) is 0.668. The first-order chi connectivity index (χ1) is 6.56. The van der Waals surface area contributed by atoms with E-state index in [4.69, 9.17) is 0 Å². The fourth-order valence-corrected chi connectivity index (χ4v) is 2.39. The maximum Gasteiger partial charge on any atom is 0.243 e. The predicted molar refractivity (Wildman–Crippen MR) is 57.8 cm³/mol. The molecule has 1 saturated heterocycles. The minimum absolute atomic E-state index is 0.0457. The number of likely N-dealkylation sites (tertiary alicyclic amines) is 1. The van der Waals surface area contributed by atoms with E-state index < -0.39 is 0 Å². The van der Waals surface area contributed by atoms with Crippen molar-refractivity contribution in [3.63, 3.8) is 0 Å². The zero-order valence-corrected chi connectivity index (χ0v) is 9.39. The van der Waals surface area contributed by atoms with Crippen LogP contribution in [0.15, 0.2) is 11.5 Å². The molecular formula is C10H15NO2S. The molecule has 1 rings (SSSR count). The highest BCUT2D eigenvalue weighted by molar-refractivity contribution is 8.04. The summed E-state index contributed by atoms with van der Waals surface area (Å²) >= 11 is 1.40. The molecular weight excluding hydrogens is 198 g/mol. The van der Waals surface area contributed by atoms with Crippen LogP contribution in [0.1, 0.15) is 26.7 Å². The summed E-state index contributed by atoms with van der Waals surface area (Å²) in [7, 11) is 0. The molecule has 14 heavy (non-hydrogen) atoms. The Morgan fingerprint density at radius 2 is 2.29 bits per heavy atom. The van der Waals surface area contributed by atoms with Crippen molar-refractivity contribution in [2.24, 2.45) is 0 Å². The SMILES string of the molecule is C=C(C)SC1CC(=O)N(CCC)C1=O. The summed E-state index contributed by atoms with van der Waals surface area (Å²) in [5.74, 6) is -0.0968. The number of carbonyl (C=O) groups is 2. The molecule has 0 saturated carbocycles. The van der Waals surface area contributed by atoms with Gasteiger partial charge in [0.2, 0.25) is 11.8 Å². The zero-order valence-electron chi connectivity index (χ0n) is 8.58. The third kappa shape index (κ3) is 2.38. The van der Waals surface area contributed by atoms with Crippen LogP contribution in [0.25, 0.3) is 0 Å². The van der Waals surface area contributed by atoms with E-state index >= 15 is 0 Å². The molecule has 1 unspecified atom stereocenters. The van der Waals surface area contributed by atoms with Gasteiger partial charge in [-0.3, -0.25) is 14.5 Å². The highest BCUT2D eigenvalue weighted by Crippen LogP contribution is 2.29. The second-order valence-corrected chi connectivity index (χ2v) is 4.90. The Morgan fingerprint density at radius 1 is 1.64 bits per heavy atom. The minimum atomic E-state index is -0.230. The van der Waals surface area contributed by atoms with Crippen LogP contribution < -0.4 is 0 Å². The molecule has 1 aliphatic rings. The van der Waals surface area contributed by atoms with Crippen LogP contribution in [0.5, 0.6) is 0 Å². The summed E-state index contributed by atoms with van der Waals surface area (Å²) in [4.78, 5) is 25.4.